The van der Waals surface area contributed by atoms with E-state index >= 15 is 0 Å². The normalized spacial score (nSPS) is 15.1. The topological polar surface area (TPSA) is 81.8 Å². The minimum atomic E-state index is 0.351. The maximum absolute atomic E-state index is 4.84. The Balaban J connectivity index is 1.30. The summed E-state index contributed by atoms with van der Waals surface area (Å²) in [5.41, 5.74) is 7.57. The fourth-order valence-electron chi connectivity index (χ4n) is 4.74. The molecule has 33 heavy (non-hydrogen) atoms. The van der Waals surface area contributed by atoms with E-state index in [1.807, 2.05) is 0 Å². The van der Waals surface area contributed by atoms with Gasteiger partial charge in [-0.3, -0.25) is 4.90 Å². The van der Waals surface area contributed by atoms with E-state index in [-0.39, 0.29) is 0 Å². The SMILES string of the molecule is Cc1cc(C)c(Nc2nc(NC3CCN(Cc4ccccc4)CC3)nc3nc[nH]c23)c(C)c1. The largest absolute Gasteiger partial charge is 0.351 e. The number of hydrogen-bond donors (Lipinski definition) is 3. The number of benzene rings is 2. The molecule has 2 aromatic heterocycles. The van der Waals surface area contributed by atoms with Gasteiger partial charge in [-0.1, -0.05) is 48.0 Å². The van der Waals surface area contributed by atoms with Crippen molar-refractivity contribution in [1.82, 2.24) is 24.8 Å². The van der Waals surface area contributed by atoms with Crippen LogP contribution in [0.15, 0.2) is 48.8 Å². The van der Waals surface area contributed by atoms with Gasteiger partial charge in [0.05, 0.1) is 6.33 Å². The van der Waals surface area contributed by atoms with Crippen LogP contribution in [0.4, 0.5) is 17.5 Å². The first-order chi connectivity index (χ1) is 16.0. The van der Waals surface area contributed by atoms with E-state index in [9.17, 15) is 0 Å². The van der Waals surface area contributed by atoms with Gasteiger partial charge >= 0.3 is 0 Å². The number of imidazole rings is 1. The molecule has 4 aromatic rings. The lowest BCUT2D eigenvalue weighted by molar-refractivity contribution is 0.211. The van der Waals surface area contributed by atoms with Crippen molar-refractivity contribution in [2.75, 3.05) is 23.7 Å². The van der Waals surface area contributed by atoms with Crippen molar-refractivity contribution in [3.05, 3.63) is 71.0 Å². The van der Waals surface area contributed by atoms with Gasteiger partial charge in [-0.25, -0.2) is 4.98 Å². The molecule has 0 amide bonds. The quantitative estimate of drug-likeness (QED) is 0.386. The lowest BCUT2D eigenvalue weighted by atomic mass is 10.0. The first kappa shape index (κ1) is 21.4. The van der Waals surface area contributed by atoms with E-state index in [0.717, 1.165) is 49.5 Å². The maximum atomic E-state index is 4.84. The number of aryl methyl sites for hydroxylation is 3. The molecule has 1 saturated heterocycles. The summed E-state index contributed by atoms with van der Waals surface area (Å²) in [4.78, 5) is 19.6. The zero-order valence-corrected chi connectivity index (χ0v) is 19.5. The van der Waals surface area contributed by atoms with E-state index in [0.29, 0.717) is 17.6 Å². The van der Waals surface area contributed by atoms with Gasteiger partial charge in [0.1, 0.15) is 5.52 Å². The Bertz CT molecular complexity index is 1220. The molecule has 1 aliphatic heterocycles. The molecule has 3 heterocycles. The van der Waals surface area contributed by atoms with Gasteiger partial charge in [-0.15, -0.1) is 0 Å². The van der Waals surface area contributed by atoms with E-state index in [2.05, 4.69) is 93.7 Å². The molecule has 0 aliphatic carbocycles. The summed E-state index contributed by atoms with van der Waals surface area (Å²) in [6, 6.07) is 15.4. The van der Waals surface area contributed by atoms with Crippen LogP contribution in [0.2, 0.25) is 0 Å². The molecule has 0 radical (unpaired) electrons. The van der Waals surface area contributed by atoms with Crippen LogP contribution in [0.25, 0.3) is 11.2 Å². The second-order valence-electron chi connectivity index (χ2n) is 9.08. The third kappa shape index (κ3) is 4.83. The van der Waals surface area contributed by atoms with E-state index in [4.69, 9.17) is 4.98 Å². The van der Waals surface area contributed by atoms with E-state index < -0.39 is 0 Å². The van der Waals surface area contributed by atoms with Crippen LogP contribution in [-0.4, -0.2) is 44.0 Å². The molecule has 0 bridgehead atoms. The number of likely N-dealkylation sites (tertiary alicyclic amines) is 1. The molecule has 3 N–H and O–H groups in total. The van der Waals surface area contributed by atoms with Crippen molar-refractivity contribution in [1.29, 1.82) is 0 Å². The highest BCUT2D eigenvalue weighted by Gasteiger charge is 2.21. The fraction of sp³-hybridized carbons (Fsp3) is 0.346. The molecule has 0 saturated carbocycles. The second kappa shape index (κ2) is 9.19. The van der Waals surface area contributed by atoms with Crippen molar-refractivity contribution in [3.63, 3.8) is 0 Å². The highest BCUT2D eigenvalue weighted by Crippen LogP contribution is 2.29. The Labute approximate surface area is 194 Å². The smallest absolute Gasteiger partial charge is 0.227 e. The molecule has 170 valence electrons. The van der Waals surface area contributed by atoms with Crippen LogP contribution >= 0.6 is 0 Å². The zero-order chi connectivity index (χ0) is 22.8. The number of fused-ring (bicyclic) bond motifs is 1. The number of nitrogens with zero attached hydrogens (tertiary/aromatic N) is 4. The first-order valence-electron chi connectivity index (χ1n) is 11.6. The van der Waals surface area contributed by atoms with Gasteiger partial charge in [0.2, 0.25) is 5.95 Å². The second-order valence-corrected chi connectivity index (χ2v) is 9.08. The molecule has 5 rings (SSSR count). The van der Waals surface area contributed by atoms with Crippen LogP contribution in [0, 0.1) is 20.8 Å². The third-order valence-corrected chi connectivity index (χ3v) is 6.38. The molecule has 1 fully saturated rings. The van der Waals surface area contributed by atoms with Crippen molar-refractivity contribution in [2.45, 2.75) is 46.2 Å². The zero-order valence-electron chi connectivity index (χ0n) is 19.5. The Hall–Kier alpha value is -3.45. The van der Waals surface area contributed by atoms with Gasteiger partial charge in [-0.2, -0.15) is 9.97 Å². The molecule has 7 nitrogen and oxygen atoms in total. The standard InChI is InChI=1S/C26H31N7/c1-17-13-18(2)22(19(3)14-17)30-25-23-24(28-16-27-23)31-26(32-25)29-21-9-11-33(12-10-21)15-20-7-5-4-6-8-20/h4-8,13-14,16,21H,9-12,15H2,1-3H3,(H3,27,28,29,30,31,32). The number of H-pyrrole nitrogens is 1. The number of nitrogens with one attached hydrogen (secondary N) is 3. The van der Waals surface area contributed by atoms with Crippen LogP contribution in [0.1, 0.15) is 35.1 Å². The van der Waals surface area contributed by atoms with Gasteiger partial charge < -0.3 is 15.6 Å². The number of aromatic nitrogens is 4. The monoisotopic (exact) mass is 441 g/mol. The number of aromatic amines is 1. The Morgan fingerprint density at radius 2 is 1.73 bits per heavy atom. The predicted octanol–water partition coefficient (Wildman–Crippen LogP) is 5.10. The highest BCUT2D eigenvalue weighted by molar-refractivity contribution is 5.87. The lowest BCUT2D eigenvalue weighted by Gasteiger charge is -2.32. The number of anilines is 3. The van der Waals surface area contributed by atoms with Crippen molar-refractivity contribution < 1.29 is 0 Å². The molecule has 0 atom stereocenters. The summed E-state index contributed by atoms with van der Waals surface area (Å²) < 4.78 is 0. The highest BCUT2D eigenvalue weighted by atomic mass is 15.2. The summed E-state index contributed by atoms with van der Waals surface area (Å²) in [7, 11) is 0. The van der Waals surface area contributed by atoms with Gasteiger partial charge in [-0.05, 0) is 50.3 Å². The van der Waals surface area contributed by atoms with Gasteiger partial charge in [0.15, 0.2) is 11.5 Å². The predicted molar refractivity (Wildman–Crippen MR) is 134 cm³/mol. The fourth-order valence-corrected chi connectivity index (χ4v) is 4.74. The summed E-state index contributed by atoms with van der Waals surface area (Å²) in [6.45, 7) is 9.49. The number of hydrogen-bond acceptors (Lipinski definition) is 6. The summed E-state index contributed by atoms with van der Waals surface area (Å²) in [6.07, 6.45) is 3.80. The van der Waals surface area contributed by atoms with E-state index in [1.54, 1.807) is 6.33 Å². The van der Waals surface area contributed by atoms with Crippen LogP contribution in [0.3, 0.4) is 0 Å². The minimum absolute atomic E-state index is 0.351. The average molecular weight is 442 g/mol. The van der Waals surface area contributed by atoms with Gasteiger partial charge in [0.25, 0.3) is 0 Å². The molecular formula is C26H31N7. The Morgan fingerprint density at radius 1 is 1.00 bits per heavy atom. The summed E-state index contributed by atoms with van der Waals surface area (Å²) in [5.74, 6) is 1.37. The van der Waals surface area contributed by atoms with Crippen LogP contribution < -0.4 is 10.6 Å². The minimum Gasteiger partial charge on any atom is -0.351 e. The molecule has 0 spiro atoms. The van der Waals surface area contributed by atoms with Crippen LogP contribution in [-0.2, 0) is 6.54 Å². The van der Waals surface area contributed by atoms with Gasteiger partial charge in [0, 0.05) is 31.4 Å². The summed E-state index contributed by atoms with van der Waals surface area (Å²) in [5, 5.41) is 7.11. The number of rotatable bonds is 6. The molecule has 0 unspecified atom stereocenters. The maximum Gasteiger partial charge on any atom is 0.227 e. The molecular weight excluding hydrogens is 410 g/mol. The molecule has 7 heteroatoms. The van der Waals surface area contributed by atoms with Crippen LogP contribution in [0.5, 0.6) is 0 Å². The van der Waals surface area contributed by atoms with E-state index in [1.165, 1.54) is 22.3 Å². The third-order valence-electron chi connectivity index (χ3n) is 6.38. The van der Waals surface area contributed by atoms with Crippen molar-refractivity contribution >= 4 is 28.6 Å². The molecule has 2 aromatic carbocycles. The average Bonchev–Trinajstić information content (AvgIpc) is 3.27. The number of piperidine rings is 1. The Morgan fingerprint density at radius 3 is 2.45 bits per heavy atom. The molecule has 1 aliphatic rings. The Kier molecular flexibility index (Phi) is 5.96. The van der Waals surface area contributed by atoms with Crippen molar-refractivity contribution in [3.8, 4) is 0 Å². The summed E-state index contributed by atoms with van der Waals surface area (Å²) >= 11 is 0. The van der Waals surface area contributed by atoms with Crippen molar-refractivity contribution in [2.24, 2.45) is 0 Å². The lowest BCUT2D eigenvalue weighted by Crippen LogP contribution is -2.39. The first-order valence-corrected chi connectivity index (χ1v) is 11.6.